The molecule has 0 saturated heterocycles. The van der Waals surface area contributed by atoms with Crippen molar-refractivity contribution < 1.29 is 0 Å². The molecule has 0 aliphatic heterocycles. The van der Waals surface area contributed by atoms with Gasteiger partial charge in [0.2, 0.25) is 0 Å². The number of H-pyrrole nitrogens is 1. The Hall–Kier alpha value is -1.28. The summed E-state index contributed by atoms with van der Waals surface area (Å²) in [5.41, 5.74) is 2.13. The van der Waals surface area contributed by atoms with E-state index in [0.717, 1.165) is 11.1 Å². The van der Waals surface area contributed by atoms with Crippen LogP contribution in [0, 0.1) is 0 Å². The van der Waals surface area contributed by atoms with Gasteiger partial charge in [0.1, 0.15) is 5.15 Å². The third kappa shape index (κ3) is 1.34. The number of rotatable bonds is 1. The first kappa shape index (κ1) is 7.37. The summed E-state index contributed by atoms with van der Waals surface area (Å²) >= 11 is 5.73. The molecule has 0 fully saturated rings. The minimum absolute atomic E-state index is 0.647. The Morgan fingerprint density at radius 1 is 1.33 bits per heavy atom. The molecule has 2 rings (SSSR count). The van der Waals surface area contributed by atoms with Crippen LogP contribution in [0.3, 0.4) is 0 Å². The lowest BCUT2D eigenvalue weighted by Crippen LogP contribution is -1.73. The smallest absolute Gasteiger partial charge is 0.106 e. The van der Waals surface area contributed by atoms with Crippen molar-refractivity contribution in [3.05, 3.63) is 41.9 Å². The Morgan fingerprint density at radius 2 is 2.25 bits per heavy atom. The second kappa shape index (κ2) is 2.99. The van der Waals surface area contributed by atoms with Crippen LogP contribution >= 0.6 is 11.6 Å². The number of nitrogens with one attached hydrogen (secondary N) is 1. The first-order chi connectivity index (χ1) is 5.86. The van der Waals surface area contributed by atoms with E-state index in [1.54, 1.807) is 12.4 Å². The minimum atomic E-state index is 0.647. The number of halogens is 1. The van der Waals surface area contributed by atoms with Crippen molar-refractivity contribution in [2.45, 2.75) is 0 Å². The Bertz CT molecular complexity index is 367. The van der Waals surface area contributed by atoms with Gasteiger partial charge in [0.05, 0.1) is 0 Å². The van der Waals surface area contributed by atoms with Gasteiger partial charge in [0.25, 0.3) is 0 Å². The second-order valence-corrected chi connectivity index (χ2v) is 2.89. The van der Waals surface area contributed by atoms with Crippen molar-refractivity contribution >= 4 is 11.6 Å². The fraction of sp³-hybridized carbons (Fsp3) is 0. The first-order valence-electron chi connectivity index (χ1n) is 3.60. The molecule has 2 aromatic rings. The zero-order valence-electron chi connectivity index (χ0n) is 6.29. The molecule has 0 aliphatic rings. The number of aromatic amines is 1. The molecule has 3 heteroatoms. The third-order valence-electron chi connectivity index (χ3n) is 1.64. The van der Waals surface area contributed by atoms with Crippen molar-refractivity contribution in [2.24, 2.45) is 0 Å². The predicted octanol–water partition coefficient (Wildman–Crippen LogP) is 2.73. The van der Waals surface area contributed by atoms with Crippen LogP contribution in [0.2, 0.25) is 5.15 Å². The molecule has 0 radical (unpaired) electrons. The Kier molecular flexibility index (Phi) is 1.84. The number of nitrogens with zero attached hydrogens (tertiary/aromatic N) is 1. The summed E-state index contributed by atoms with van der Waals surface area (Å²) in [7, 11) is 0. The van der Waals surface area contributed by atoms with Crippen LogP contribution in [0.15, 0.2) is 36.8 Å². The normalized spacial score (nSPS) is 10.1. The molecule has 0 atom stereocenters. The SMILES string of the molecule is Clc1cc(-c2cccnc2)c[nH]1. The van der Waals surface area contributed by atoms with Gasteiger partial charge in [0.15, 0.2) is 0 Å². The topological polar surface area (TPSA) is 28.7 Å². The molecule has 0 amide bonds. The lowest BCUT2D eigenvalue weighted by Gasteiger charge is -1.92. The summed E-state index contributed by atoms with van der Waals surface area (Å²) in [6.07, 6.45) is 5.41. The average molecular weight is 179 g/mol. The van der Waals surface area contributed by atoms with Gasteiger partial charge in [-0.2, -0.15) is 0 Å². The molecule has 0 bridgehead atoms. The van der Waals surface area contributed by atoms with Gasteiger partial charge in [0, 0.05) is 29.7 Å². The highest BCUT2D eigenvalue weighted by molar-refractivity contribution is 6.29. The summed E-state index contributed by atoms with van der Waals surface area (Å²) in [6, 6.07) is 5.77. The van der Waals surface area contributed by atoms with Gasteiger partial charge in [-0.05, 0) is 12.1 Å². The maximum absolute atomic E-state index is 5.73. The van der Waals surface area contributed by atoms with Gasteiger partial charge in [-0.25, -0.2) is 0 Å². The number of hydrogen-bond acceptors (Lipinski definition) is 1. The summed E-state index contributed by atoms with van der Waals surface area (Å²) in [5.74, 6) is 0. The fourth-order valence-corrected chi connectivity index (χ4v) is 1.24. The molecular weight excluding hydrogens is 172 g/mol. The summed E-state index contributed by atoms with van der Waals surface area (Å²) in [6.45, 7) is 0. The van der Waals surface area contributed by atoms with E-state index in [-0.39, 0.29) is 0 Å². The largest absolute Gasteiger partial charge is 0.352 e. The van der Waals surface area contributed by atoms with E-state index in [4.69, 9.17) is 11.6 Å². The molecule has 2 heterocycles. The van der Waals surface area contributed by atoms with Crippen LogP contribution in [0.5, 0.6) is 0 Å². The second-order valence-electron chi connectivity index (χ2n) is 2.48. The van der Waals surface area contributed by atoms with Crippen LogP contribution in [-0.2, 0) is 0 Å². The van der Waals surface area contributed by atoms with Crippen LogP contribution < -0.4 is 0 Å². The van der Waals surface area contributed by atoms with Crippen LogP contribution in [0.4, 0.5) is 0 Å². The Balaban J connectivity index is 2.45. The highest BCUT2D eigenvalue weighted by atomic mass is 35.5. The van der Waals surface area contributed by atoms with E-state index in [0.29, 0.717) is 5.15 Å². The molecule has 0 spiro atoms. The van der Waals surface area contributed by atoms with Gasteiger partial charge in [-0.3, -0.25) is 4.98 Å². The molecular formula is C9H7ClN2. The summed E-state index contributed by atoms with van der Waals surface area (Å²) in [5, 5.41) is 0.647. The van der Waals surface area contributed by atoms with Gasteiger partial charge < -0.3 is 4.98 Å². The van der Waals surface area contributed by atoms with E-state index in [2.05, 4.69) is 9.97 Å². The quantitative estimate of drug-likeness (QED) is 0.715. The zero-order chi connectivity index (χ0) is 8.39. The van der Waals surface area contributed by atoms with E-state index in [1.165, 1.54) is 0 Å². The van der Waals surface area contributed by atoms with E-state index >= 15 is 0 Å². The average Bonchev–Trinajstić information content (AvgIpc) is 2.54. The van der Waals surface area contributed by atoms with Crippen molar-refractivity contribution in [1.82, 2.24) is 9.97 Å². The fourth-order valence-electron chi connectivity index (χ4n) is 1.07. The van der Waals surface area contributed by atoms with Crippen LogP contribution in [0.25, 0.3) is 11.1 Å². The molecule has 0 unspecified atom stereocenters. The Morgan fingerprint density at radius 3 is 2.83 bits per heavy atom. The zero-order valence-corrected chi connectivity index (χ0v) is 7.05. The maximum Gasteiger partial charge on any atom is 0.106 e. The first-order valence-corrected chi connectivity index (χ1v) is 3.98. The molecule has 2 aromatic heterocycles. The van der Waals surface area contributed by atoms with Crippen molar-refractivity contribution in [3.8, 4) is 11.1 Å². The Labute approximate surface area is 75.2 Å². The summed E-state index contributed by atoms with van der Waals surface area (Å²) < 4.78 is 0. The summed E-state index contributed by atoms with van der Waals surface area (Å²) in [4.78, 5) is 6.92. The lowest BCUT2D eigenvalue weighted by molar-refractivity contribution is 1.33. The van der Waals surface area contributed by atoms with Gasteiger partial charge >= 0.3 is 0 Å². The van der Waals surface area contributed by atoms with Gasteiger partial charge in [-0.15, -0.1) is 0 Å². The molecule has 2 nitrogen and oxygen atoms in total. The van der Waals surface area contributed by atoms with E-state index in [1.807, 2.05) is 24.4 Å². The number of hydrogen-bond donors (Lipinski definition) is 1. The maximum atomic E-state index is 5.73. The number of pyridine rings is 1. The van der Waals surface area contributed by atoms with E-state index < -0.39 is 0 Å². The molecule has 0 aliphatic carbocycles. The molecule has 0 saturated carbocycles. The van der Waals surface area contributed by atoms with Crippen LogP contribution in [0.1, 0.15) is 0 Å². The molecule has 60 valence electrons. The molecule has 12 heavy (non-hydrogen) atoms. The van der Waals surface area contributed by atoms with Crippen molar-refractivity contribution in [1.29, 1.82) is 0 Å². The molecule has 0 aromatic carbocycles. The van der Waals surface area contributed by atoms with Gasteiger partial charge in [-0.1, -0.05) is 17.7 Å². The monoisotopic (exact) mass is 178 g/mol. The van der Waals surface area contributed by atoms with Crippen molar-refractivity contribution in [2.75, 3.05) is 0 Å². The minimum Gasteiger partial charge on any atom is -0.352 e. The van der Waals surface area contributed by atoms with Crippen molar-refractivity contribution in [3.63, 3.8) is 0 Å². The third-order valence-corrected chi connectivity index (χ3v) is 1.86. The standard InChI is InChI=1S/C9H7ClN2/c10-9-4-8(6-12-9)7-2-1-3-11-5-7/h1-6,12H. The predicted molar refractivity (Wildman–Crippen MR) is 49.0 cm³/mol. The van der Waals surface area contributed by atoms with Crippen LogP contribution in [-0.4, -0.2) is 9.97 Å². The number of aromatic nitrogens is 2. The highest BCUT2D eigenvalue weighted by Gasteiger charge is 1.98. The lowest BCUT2D eigenvalue weighted by atomic mass is 10.2. The molecule has 1 N–H and O–H groups in total. The highest BCUT2D eigenvalue weighted by Crippen LogP contribution is 2.20. The van der Waals surface area contributed by atoms with E-state index in [9.17, 15) is 0 Å².